The standard InChI is InChI=1S/C16H19N3O2S/c1-12(13-8-10-17-11-9-13)19(2)16(20)18-14-4-6-15(7-5-14)22(3)21/h4-12H,1-3H3,(H,18,20). The van der Waals surface area contributed by atoms with Crippen molar-refractivity contribution in [1.82, 2.24) is 9.88 Å². The zero-order valence-corrected chi connectivity index (χ0v) is 13.6. The van der Waals surface area contributed by atoms with E-state index in [-0.39, 0.29) is 12.1 Å². The Labute approximate surface area is 132 Å². The van der Waals surface area contributed by atoms with Crippen molar-refractivity contribution in [1.29, 1.82) is 0 Å². The monoisotopic (exact) mass is 317 g/mol. The Morgan fingerprint density at radius 3 is 2.32 bits per heavy atom. The van der Waals surface area contributed by atoms with Gasteiger partial charge in [-0.2, -0.15) is 0 Å². The van der Waals surface area contributed by atoms with E-state index in [1.165, 1.54) is 0 Å². The molecule has 0 aliphatic carbocycles. The fraction of sp³-hybridized carbons (Fsp3) is 0.250. The van der Waals surface area contributed by atoms with E-state index in [4.69, 9.17) is 0 Å². The lowest BCUT2D eigenvalue weighted by atomic mass is 10.1. The van der Waals surface area contributed by atoms with Gasteiger partial charge in [0.2, 0.25) is 0 Å². The maximum absolute atomic E-state index is 12.3. The predicted octanol–water partition coefficient (Wildman–Crippen LogP) is 3.04. The van der Waals surface area contributed by atoms with Crippen LogP contribution in [0.15, 0.2) is 53.7 Å². The number of carbonyl (C=O) groups excluding carboxylic acids is 1. The number of urea groups is 1. The average Bonchev–Trinajstić information content (AvgIpc) is 2.54. The molecule has 0 fully saturated rings. The van der Waals surface area contributed by atoms with Crippen molar-refractivity contribution in [3.05, 3.63) is 54.4 Å². The summed E-state index contributed by atoms with van der Waals surface area (Å²) in [5.41, 5.74) is 1.69. The lowest BCUT2D eigenvalue weighted by Gasteiger charge is -2.25. The second kappa shape index (κ2) is 7.17. The topological polar surface area (TPSA) is 62.3 Å². The first kappa shape index (κ1) is 16.2. The Bertz CT molecular complexity index is 659. The first-order chi connectivity index (χ1) is 10.5. The van der Waals surface area contributed by atoms with Gasteiger partial charge in [-0.15, -0.1) is 0 Å². The predicted molar refractivity (Wildman–Crippen MR) is 88.2 cm³/mol. The molecule has 2 amide bonds. The van der Waals surface area contributed by atoms with Crippen LogP contribution in [0.5, 0.6) is 0 Å². The molecule has 2 rings (SSSR count). The van der Waals surface area contributed by atoms with Crippen LogP contribution in [0.3, 0.4) is 0 Å². The van der Waals surface area contributed by atoms with Gasteiger partial charge in [0.25, 0.3) is 0 Å². The molecular weight excluding hydrogens is 298 g/mol. The minimum Gasteiger partial charge on any atom is -0.321 e. The van der Waals surface area contributed by atoms with Crippen LogP contribution in [0, 0.1) is 0 Å². The molecule has 0 saturated heterocycles. The van der Waals surface area contributed by atoms with E-state index in [1.807, 2.05) is 19.1 Å². The zero-order chi connectivity index (χ0) is 16.1. The molecule has 0 bridgehead atoms. The number of pyridine rings is 1. The highest BCUT2D eigenvalue weighted by molar-refractivity contribution is 7.84. The third kappa shape index (κ3) is 3.92. The van der Waals surface area contributed by atoms with Gasteiger partial charge in [0, 0.05) is 47.1 Å². The van der Waals surface area contributed by atoms with Gasteiger partial charge in [-0.25, -0.2) is 4.79 Å². The number of rotatable bonds is 4. The summed E-state index contributed by atoms with van der Waals surface area (Å²) in [5, 5.41) is 2.83. The molecule has 1 heterocycles. The number of nitrogens with zero attached hydrogens (tertiary/aromatic N) is 2. The van der Waals surface area contributed by atoms with Crippen LogP contribution in [-0.4, -0.2) is 33.4 Å². The number of aromatic nitrogens is 1. The maximum Gasteiger partial charge on any atom is 0.322 e. The smallest absolute Gasteiger partial charge is 0.321 e. The SMILES string of the molecule is CC(c1ccncc1)N(C)C(=O)Nc1ccc(S(C)=O)cc1. The molecule has 6 heteroatoms. The number of amides is 2. The summed E-state index contributed by atoms with van der Waals surface area (Å²) in [6.07, 6.45) is 5.04. The van der Waals surface area contributed by atoms with E-state index >= 15 is 0 Å². The van der Waals surface area contributed by atoms with E-state index in [1.54, 1.807) is 54.9 Å². The van der Waals surface area contributed by atoms with E-state index in [2.05, 4.69) is 10.3 Å². The first-order valence-electron chi connectivity index (χ1n) is 6.86. The van der Waals surface area contributed by atoms with Crippen LogP contribution in [0.2, 0.25) is 0 Å². The molecule has 116 valence electrons. The van der Waals surface area contributed by atoms with Crippen LogP contribution in [0.4, 0.5) is 10.5 Å². The summed E-state index contributed by atoms with van der Waals surface area (Å²) >= 11 is 0. The molecule has 5 nitrogen and oxygen atoms in total. The Hall–Kier alpha value is -2.21. The van der Waals surface area contributed by atoms with Crippen molar-refractivity contribution >= 4 is 22.5 Å². The minimum absolute atomic E-state index is 0.0644. The molecule has 0 aliphatic heterocycles. The number of hydrogen-bond acceptors (Lipinski definition) is 3. The highest BCUT2D eigenvalue weighted by Gasteiger charge is 2.17. The molecule has 0 aliphatic rings. The molecule has 0 radical (unpaired) electrons. The number of hydrogen-bond donors (Lipinski definition) is 1. The largest absolute Gasteiger partial charge is 0.322 e. The van der Waals surface area contributed by atoms with Gasteiger partial charge < -0.3 is 10.2 Å². The third-order valence-corrected chi connectivity index (χ3v) is 4.46. The van der Waals surface area contributed by atoms with E-state index in [9.17, 15) is 9.00 Å². The molecule has 0 saturated carbocycles. The molecule has 1 aromatic carbocycles. The van der Waals surface area contributed by atoms with Gasteiger partial charge in [-0.05, 0) is 48.9 Å². The molecule has 2 unspecified atom stereocenters. The first-order valence-corrected chi connectivity index (χ1v) is 8.42. The molecule has 1 N–H and O–H groups in total. The molecule has 2 aromatic rings. The second-order valence-electron chi connectivity index (χ2n) is 4.98. The van der Waals surface area contributed by atoms with Crippen molar-refractivity contribution in [3.63, 3.8) is 0 Å². The molecule has 1 aromatic heterocycles. The molecular formula is C16H19N3O2S. The Morgan fingerprint density at radius 2 is 1.77 bits per heavy atom. The van der Waals surface area contributed by atoms with E-state index < -0.39 is 10.8 Å². The van der Waals surface area contributed by atoms with Crippen LogP contribution in [-0.2, 0) is 10.8 Å². The van der Waals surface area contributed by atoms with Crippen LogP contribution < -0.4 is 5.32 Å². The lowest BCUT2D eigenvalue weighted by Crippen LogP contribution is -2.33. The second-order valence-corrected chi connectivity index (χ2v) is 6.36. The summed E-state index contributed by atoms with van der Waals surface area (Å²) in [6.45, 7) is 1.96. The Morgan fingerprint density at radius 1 is 1.18 bits per heavy atom. The third-order valence-electron chi connectivity index (χ3n) is 3.53. The van der Waals surface area contributed by atoms with Crippen molar-refractivity contribution in [2.24, 2.45) is 0 Å². The van der Waals surface area contributed by atoms with E-state index in [0.717, 1.165) is 10.5 Å². The van der Waals surface area contributed by atoms with E-state index in [0.29, 0.717) is 5.69 Å². The normalized spacial score (nSPS) is 13.2. The van der Waals surface area contributed by atoms with Gasteiger partial charge in [-0.3, -0.25) is 9.19 Å². The molecule has 2 atom stereocenters. The highest BCUT2D eigenvalue weighted by Crippen LogP contribution is 2.19. The fourth-order valence-corrected chi connectivity index (χ4v) is 2.50. The fourth-order valence-electron chi connectivity index (χ4n) is 1.98. The number of benzene rings is 1. The van der Waals surface area contributed by atoms with Crippen LogP contribution >= 0.6 is 0 Å². The number of anilines is 1. The lowest BCUT2D eigenvalue weighted by molar-refractivity contribution is 0.208. The molecule has 0 spiro atoms. The molecule has 22 heavy (non-hydrogen) atoms. The highest BCUT2D eigenvalue weighted by atomic mass is 32.2. The summed E-state index contributed by atoms with van der Waals surface area (Å²) in [5.74, 6) is 0. The van der Waals surface area contributed by atoms with Gasteiger partial charge in [0.15, 0.2) is 0 Å². The van der Waals surface area contributed by atoms with Gasteiger partial charge in [0.05, 0.1) is 6.04 Å². The Kier molecular flexibility index (Phi) is 5.27. The van der Waals surface area contributed by atoms with Gasteiger partial charge in [0.1, 0.15) is 0 Å². The Balaban J connectivity index is 2.03. The van der Waals surface area contributed by atoms with Crippen LogP contribution in [0.1, 0.15) is 18.5 Å². The van der Waals surface area contributed by atoms with Gasteiger partial charge >= 0.3 is 6.03 Å². The summed E-state index contributed by atoms with van der Waals surface area (Å²) in [6, 6.07) is 10.5. The summed E-state index contributed by atoms with van der Waals surface area (Å²) in [7, 11) is 0.726. The van der Waals surface area contributed by atoms with Crippen molar-refractivity contribution in [2.75, 3.05) is 18.6 Å². The summed E-state index contributed by atoms with van der Waals surface area (Å²) in [4.78, 5) is 18.6. The van der Waals surface area contributed by atoms with Crippen molar-refractivity contribution < 1.29 is 9.00 Å². The van der Waals surface area contributed by atoms with Crippen LogP contribution in [0.25, 0.3) is 0 Å². The van der Waals surface area contributed by atoms with Gasteiger partial charge in [-0.1, -0.05) is 0 Å². The van der Waals surface area contributed by atoms with Crippen molar-refractivity contribution in [3.8, 4) is 0 Å². The van der Waals surface area contributed by atoms with Crippen molar-refractivity contribution in [2.45, 2.75) is 17.9 Å². The quantitative estimate of drug-likeness (QED) is 0.943. The zero-order valence-electron chi connectivity index (χ0n) is 12.8. The minimum atomic E-state index is -1.02. The number of carbonyl (C=O) groups is 1. The number of nitrogens with one attached hydrogen (secondary N) is 1. The summed E-state index contributed by atoms with van der Waals surface area (Å²) < 4.78 is 11.3. The average molecular weight is 317 g/mol. The maximum atomic E-state index is 12.3.